The van der Waals surface area contributed by atoms with Crippen molar-refractivity contribution < 1.29 is 9.53 Å². The van der Waals surface area contributed by atoms with Gasteiger partial charge in [0.25, 0.3) is 0 Å². The Labute approximate surface area is 103 Å². The first kappa shape index (κ1) is 13.7. The van der Waals surface area contributed by atoms with E-state index in [4.69, 9.17) is 10.5 Å². The number of rotatable bonds is 4. The van der Waals surface area contributed by atoms with Crippen molar-refractivity contribution >= 4 is 5.97 Å². The summed E-state index contributed by atoms with van der Waals surface area (Å²) < 4.78 is 5.29. The maximum atomic E-state index is 11.7. The Morgan fingerprint density at radius 2 is 1.82 bits per heavy atom. The summed E-state index contributed by atoms with van der Waals surface area (Å²) >= 11 is 0. The topological polar surface area (TPSA) is 52.3 Å². The summed E-state index contributed by atoms with van der Waals surface area (Å²) in [6, 6.07) is 7.52. The molecule has 0 aliphatic heterocycles. The molecule has 0 spiro atoms. The number of benzene rings is 1. The van der Waals surface area contributed by atoms with Crippen molar-refractivity contribution in [1.82, 2.24) is 0 Å². The zero-order valence-corrected chi connectivity index (χ0v) is 10.8. The average molecular weight is 235 g/mol. The van der Waals surface area contributed by atoms with Gasteiger partial charge in [0.05, 0.1) is 5.56 Å². The smallest absolute Gasteiger partial charge is 0.338 e. The minimum atomic E-state index is -0.449. The molecular formula is C14H21NO2. The molecule has 0 radical (unpaired) electrons. The number of hydrogen-bond donors (Lipinski definition) is 1. The summed E-state index contributed by atoms with van der Waals surface area (Å²) in [6.07, 6.45) is 1.91. The maximum absolute atomic E-state index is 11.7. The summed E-state index contributed by atoms with van der Waals surface area (Å²) in [6.45, 7) is 6.27. The molecule has 0 amide bonds. The summed E-state index contributed by atoms with van der Waals surface area (Å²) in [5.41, 5.74) is 6.79. The van der Waals surface area contributed by atoms with E-state index in [1.54, 1.807) is 12.1 Å². The fraction of sp³-hybridized carbons (Fsp3) is 0.500. The SMILES string of the molecule is CC(C)(C)OC(=O)c1ccc(CCCN)cc1. The number of carbonyl (C=O) groups excluding carboxylic acids is 1. The van der Waals surface area contributed by atoms with Gasteiger partial charge < -0.3 is 10.5 Å². The third kappa shape index (κ3) is 5.00. The molecule has 17 heavy (non-hydrogen) atoms. The molecular weight excluding hydrogens is 214 g/mol. The number of nitrogens with two attached hydrogens (primary N) is 1. The van der Waals surface area contributed by atoms with Crippen molar-refractivity contribution in [2.45, 2.75) is 39.2 Å². The minimum Gasteiger partial charge on any atom is -0.456 e. The van der Waals surface area contributed by atoms with Crippen LogP contribution in [0.3, 0.4) is 0 Å². The van der Waals surface area contributed by atoms with Crippen molar-refractivity contribution in [1.29, 1.82) is 0 Å². The first-order valence-corrected chi connectivity index (χ1v) is 5.95. The molecule has 0 fully saturated rings. The second-order valence-electron chi connectivity index (χ2n) is 5.09. The molecule has 0 unspecified atom stereocenters. The van der Waals surface area contributed by atoms with Crippen molar-refractivity contribution in [3.63, 3.8) is 0 Å². The van der Waals surface area contributed by atoms with Gasteiger partial charge in [-0.3, -0.25) is 0 Å². The molecule has 0 saturated carbocycles. The molecule has 2 N–H and O–H groups in total. The fourth-order valence-electron chi connectivity index (χ4n) is 1.45. The number of aryl methyl sites for hydroxylation is 1. The van der Waals surface area contributed by atoms with Gasteiger partial charge in [0.2, 0.25) is 0 Å². The van der Waals surface area contributed by atoms with Gasteiger partial charge in [-0.2, -0.15) is 0 Å². The lowest BCUT2D eigenvalue weighted by atomic mass is 10.1. The highest BCUT2D eigenvalue weighted by atomic mass is 16.6. The highest BCUT2D eigenvalue weighted by molar-refractivity contribution is 5.89. The zero-order chi connectivity index (χ0) is 12.9. The Hall–Kier alpha value is -1.35. The lowest BCUT2D eigenvalue weighted by Crippen LogP contribution is -2.23. The van der Waals surface area contributed by atoms with Gasteiger partial charge in [0.1, 0.15) is 5.60 Å². The molecule has 0 saturated heterocycles. The molecule has 1 rings (SSSR count). The van der Waals surface area contributed by atoms with E-state index in [9.17, 15) is 4.79 Å². The number of ether oxygens (including phenoxy) is 1. The van der Waals surface area contributed by atoms with Crippen LogP contribution >= 0.6 is 0 Å². The molecule has 0 aromatic heterocycles. The van der Waals surface area contributed by atoms with Crippen LogP contribution in [0.15, 0.2) is 24.3 Å². The predicted octanol–water partition coefficient (Wildman–Crippen LogP) is 2.53. The molecule has 0 aliphatic carbocycles. The van der Waals surface area contributed by atoms with Crippen LogP contribution in [0.1, 0.15) is 43.1 Å². The number of carbonyl (C=O) groups is 1. The highest BCUT2D eigenvalue weighted by Crippen LogP contribution is 2.13. The summed E-state index contributed by atoms with van der Waals surface area (Å²) in [7, 11) is 0. The molecule has 1 aromatic carbocycles. The van der Waals surface area contributed by atoms with Gasteiger partial charge in [-0.1, -0.05) is 12.1 Å². The van der Waals surface area contributed by atoms with Gasteiger partial charge in [0.15, 0.2) is 0 Å². The third-order valence-corrected chi connectivity index (χ3v) is 2.26. The summed E-state index contributed by atoms with van der Waals surface area (Å²) in [5.74, 6) is -0.275. The van der Waals surface area contributed by atoms with Crippen molar-refractivity contribution in [2.75, 3.05) is 6.54 Å². The van der Waals surface area contributed by atoms with E-state index in [1.807, 2.05) is 32.9 Å². The van der Waals surface area contributed by atoms with Crippen LogP contribution in [-0.2, 0) is 11.2 Å². The Bertz CT molecular complexity index is 363. The zero-order valence-electron chi connectivity index (χ0n) is 10.8. The van der Waals surface area contributed by atoms with Gasteiger partial charge in [-0.15, -0.1) is 0 Å². The maximum Gasteiger partial charge on any atom is 0.338 e. The Balaban J connectivity index is 2.64. The second kappa shape index (κ2) is 5.82. The first-order valence-electron chi connectivity index (χ1n) is 5.95. The lowest BCUT2D eigenvalue weighted by molar-refractivity contribution is 0.00695. The molecule has 0 bridgehead atoms. The van der Waals surface area contributed by atoms with Crippen LogP contribution in [0.25, 0.3) is 0 Å². The third-order valence-electron chi connectivity index (χ3n) is 2.26. The van der Waals surface area contributed by atoms with E-state index >= 15 is 0 Å². The van der Waals surface area contributed by atoms with E-state index in [-0.39, 0.29) is 5.97 Å². The quantitative estimate of drug-likeness (QED) is 0.816. The summed E-state index contributed by atoms with van der Waals surface area (Å²) in [4.78, 5) is 11.7. The predicted molar refractivity (Wildman–Crippen MR) is 69.0 cm³/mol. The van der Waals surface area contributed by atoms with Crippen LogP contribution in [-0.4, -0.2) is 18.1 Å². The molecule has 1 aromatic rings. The van der Waals surface area contributed by atoms with Crippen molar-refractivity contribution in [3.8, 4) is 0 Å². The van der Waals surface area contributed by atoms with Crippen LogP contribution in [0.2, 0.25) is 0 Å². The minimum absolute atomic E-state index is 0.275. The van der Waals surface area contributed by atoms with Crippen LogP contribution in [0, 0.1) is 0 Å². The second-order valence-corrected chi connectivity index (χ2v) is 5.09. The molecule has 94 valence electrons. The Kier molecular flexibility index (Phi) is 4.70. The van der Waals surface area contributed by atoms with Crippen molar-refractivity contribution in [3.05, 3.63) is 35.4 Å². The van der Waals surface area contributed by atoms with Gasteiger partial charge in [-0.05, 0) is 57.9 Å². The Morgan fingerprint density at radius 3 is 2.29 bits per heavy atom. The van der Waals surface area contributed by atoms with Crippen LogP contribution in [0.4, 0.5) is 0 Å². The first-order chi connectivity index (χ1) is 7.92. The monoisotopic (exact) mass is 235 g/mol. The largest absolute Gasteiger partial charge is 0.456 e. The molecule has 3 nitrogen and oxygen atoms in total. The van der Waals surface area contributed by atoms with E-state index in [0.29, 0.717) is 12.1 Å². The Morgan fingerprint density at radius 1 is 1.24 bits per heavy atom. The summed E-state index contributed by atoms with van der Waals surface area (Å²) in [5, 5.41) is 0. The highest BCUT2D eigenvalue weighted by Gasteiger charge is 2.17. The van der Waals surface area contributed by atoms with E-state index in [1.165, 1.54) is 5.56 Å². The molecule has 3 heteroatoms. The van der Waals surface area contributed by atoms with Gasteiger partial charge in [-0.25, -0.2) is 4.79 Å². The molecule has 0 aliphatic rings. The normalized spacial score (nSPS) is 11.3. The number of hydrogen-bond acceptors (Lipinski definition) is 3. The van der Waals surface area contributed by atoms with E-state index < -0.39 is 5.60 Å². The van der Waals surface area contributed by atoms with Gasteiger partial charge >= 0.3 is 5.97 Å². The molecule has 0 atom stereocenters. The fourth-order valence-corrected chi connectivity index (χ4v) is 1.45. The van der Waals surface area contributed by atoms with Crippen molar-refractivity contribution in [2.24, 2.45) is 5.73 Å². The van der Waals surface area contributed by atoms with Crippen LogP contribution < -0.4 is 5.73 Å². The van der Waals surface area contributed by atoms with Crippen LogP contribution in [0.5, 0.6) is 0 Å². The standard InChI is InChI=1S/C14H21NO2/c1-14(2,3)17-13(16)12-8-6-11(7-9-12)5-4-10-15/h6-9H,4-5,10,15H2,1-3H3. The lowest BCUT2D eigenvalue weighted by Gasteiger charge is -2.19. The van der Waals surface area contributed by atoms with E-state index in [0.717, 1.165) is 12.8 Å². The van der Waals surface area contributed by atoms with Gasteiger partial charge in [0, 0.05) is 0 Å². The average Bonchev–Trinajstić information content (AvgIpc) is 2.24. The molecule has 0 heterocycles. The number of esters is 1. The van der Waals surface area contributed by atoms with E-state index in [2.05, 4.69) is 0 Å².